The molecule has 0 fully saturated rings. The van der Waals surface area contributed by atoms with Crippen molar-refractivity contribution in [2.24, 2.45) is 0 Å². The zero-order valence-corrected chi connectivity index (χ0v) is 21.4. The summed E-state index contributed by atoms with van der Waals surface area (Å²) in [7, 11) is -2.35. The Labute approximate surface area is 196 Å². The molecule has 0 spiro atoms. The molecule has 0 aliphatic carbocycles. The number of esters is 1. The van der Waals surface area contributed by atoms with Gasteiger partial charge in [0, 0.05) is 25.5 Å². The van der Waals surface area contributed by atoms with Crippen molar-refractivity contribution in [3.05, 3.63) is 41.5 Å². The highest BCUT2D eigenvalue weighted by molar-refractivity contribution is 7.89. The number of aryl methyl sites for hydroxylation is 3. The fourth-order valence-corrected chi connectivity index (χ4v) is 5.27. The van der Waals surface area contributed by atoms with Gasteiger partial charge in [0.1, 0.15) is 23.8 Å². The second kappa shape index (κ2) is 11.1. The van der Waals surface area contributed by atoms with Gasteiger partial charge in [0.15, 0.2) is 0 Å². The third kappa shape index (κ3) is 7.28. The zero-order valence-electron chi connectivity index (χ0n) is 20.5. The molecular formula is C23H35N3O6S. The van der Waals surface area contributed by atoms with Gasteiger partial charge in [-0.15, -0.1) is 0 Å². The highest BCUT2D eigenvalue weighted by Gasteiger charge is 2.29. The summed E-state index contributed by atoms with van der Waals surface area (Å²) >= 11 is 0. The largest absolute Gasteiger partial charge is 0.497 e. The number of benzene rings is 1. The van der Waals surface area contributed by atoms with E-state index in [0.29, 0.717) is 29.2 Å². The lowest BCUT2D eigenvalue weighted by atomic mass is 10.1. The number of sulfonamides is 1. The standard InChI is InChI=1S/C23H35N3O6S/c1-8-25-10-9-24-20(25)15-26(11-12-31-16-21(27)32-23(4,5)6)33(28,29)22-17(2)13-19(30-7)14-18(22)3/h9-10,13-14H,8,11-12,15-16H2,1-7H3. The molecule has 0 aliphatic heterocycles. The van der Waals surface area contributed by atoms with Gasteiger partial charge in [-0.1, -0.05) is 0 Å². The molecule has 184 valence electrons. The lowest BCUT2D eigenvalue weighted by molar-refractivity contribution is -0.160. The molecule has 0 saturated heterocycles. The topological polar surface area (TPSA) is 100.0 Å². The van der Waals surface area contributed by atoms with E-state index in [1.54, 1.807) is 60.1 Å². The van der Waals surface area contributed by atoms with Crippen molar-refractivity contribution in [3.8, 4) is 5.75 Å². The van der Waals surface area contributed by atoms with Gasteiger partial charge >= 0.3 is 5.97 Å². The van der Waals surface area contributed by atoms with Crippen molar-refractivity contribution in [1.82, 2.24) is 13.9 Å². The minimum absolute atomic E-state index is 0.0273. The molecule has 2 rings (SSSR count). The molecule has 0 bridgehead atoms. The first kappa shape index (κ1) is 26.8. The lowest BCUT2D eigenvalue weighted by Crippen LogP contribution is -2.36. The predicted octanol–water partition coefficient (Wildman–Crippen LogP) is 3.08. The number of rotatable bonds is 11. The molecule has 33 heavy (non-hydrogen) atoms. The summed E-state index contributed by atoms with van der Waals surface area (Å²) in [5.41, 5.74) is 0.562. The van der Waals surface area contributed by atoms with E-state index >= 15 is 0 Å². The molecular weight excluding hydrogens is 446 g/mol. The Bertz CT molecular complexity index is 1030. The maximum absolute atomic E-state index is 13.7. The molecule has 1 heterocycles. The van der Waals surface area contributed by atoms with E-state index in [-0.39, 0.29) is 31.2 Å². The van der Waals surface area contributed by atoms with Crippen LogP contribution < -0.4 is 4.74 Å². The number of ether oxygens (including phenoxy) is 3. The Morgan fingerprint density at radius 2 is 1.82 bits per heavy atom. The van der Waals surface area contributed by atoms with Crippen molar-refractivity contribution in [2.45, 2.75) is 65.1 Å². The molecule has 0 unspecified atom stereocenters. The minimum Gasteiger partial charge on any atom is -0.497 e. The van der Waals surface area contributed by atoms with Crippen molar-refractivity contribution in [3.63, 3.8) is 0 Å². The summed E-state index contributed by atoms with van der Waals surface area (Å²) in [6, 6.07) is 3.40. The third-order valence-corrected chi connectivity index (χ3v) is 7.00. The van der Waals surface area contributed by atoms with Gasteiger partial charge in [-0.25, -0.2) is 18.2 Å². The molecule has 10 heteroatoms. The second-order valence-electron chi connectivity index (χ2n) is 8.70. The Hall–Kier alpha value is -2.43. The fraction of sp³-hybridized carbons (Fsp3) is 0.565. The third-order valence-electron chi connectivity index (χ3n) is 4.85. The van der Waals surface area contributed by atoms with Crippen molar-refractivity contribution >= 4 is 16.0 Å². The van der Waals surface area contributed by atoms with Crippen LogP contribution in [-0.2, 0) is 37.4 Å². The lowest BCUT2D eigenvalue weighted by Gasteiger charge is -2.24. The summed E-state index contributed by atoms with van der Waals surface area (Å²) < 4.78 is 46.6. The maximum atomic E-state index is 13.7. The van der Waals surface area contributed by atoms with E-state index in [0.717, 1.165) is 0 Å². The van der Waals surface area contributed by atoms with Crippen LogP contribution >= 0.6 is 0 Å². The monoisotopic (exact) mass is 481 g/mol. The van der Waals surface area contributed by atoms with Gasteiger partial charge in [0.05, 0.1) is 25.2 Å². The quantitative estimate of drug-likeness (QED) is 0.359. The maximum Gasteiger partial charge on any atom is 0.332 e. The highest BCUT2D eigenvalue weighted by Crippen LogP contribution is 2.29. The first-order valence-electron chi connectivity index (χ1n) is 10.8. The second-order valence-corrected chi connectivity index (χ2v) is 10.6. The van der Waals surface area contributed by atoms with Crippen LogP contribution in [0.15, 0.2) is 29.4 Å². The Kier molecular flexibility index (Phi) is 9.04. The van der Waals surface area contributed by atoms with E-state index in [1.165, 1.54) is 4.31 Å². The number of hydrogen-bond acceptors (Lipinski definition) is 7. The Balaban J connectivity index is 2.26. The molecule has 0 aliphatic rings. The molecule has 0 amide bonds. The van der Waals surface area contributed by atoms with E-state index in [1.807, 2.05) is 17.7 Å². The normalized spacial score (nSPS) is 12.2. The summed E-state index contributed by atoms with van der Waals surface area (Å²) in [5, 5.41) is 0. The summed E-state index contributed by atoms with van der Waals surface area (Å²) in [4.78, 5) is 16.5. The van der Waals surface area contributed by atoms with Crippen molar-refractivity contribution in [2.75, 3.05) is 26.9 Å². The van der Waals surface area contributed by atoms with Gasteiger partial charge in [-0.3, -0.25) is 0 Å². The van der Waals surface area contributed by atoms with Crippen LogP contribution in [0.25, 0.3) is 0 Å². The molecule has 1 aromatic heterocycles. The summed E-state index contributed by atoms with van der Waals surface area (Å²) in [6.07, 6.45) is 3.45. The number of aromatic nitrogens is 2. The SMILES string of the molecule is CCn1ccnc1CN(CCOCC(=O)OC(C)(C)C)S(=O)(=O)c1c(C)cc(OC)cc1C. The Morgan fingerprint density at radius 3 is 2.36 bits per heavy atom. The van der Waals surface area contributed by atoms with E-state index in [9.17, 15) is 13.2 Å². The van der Waals surface area contributed by atoms with Crippen LogP contribution in [0.4, 0.5) is 0 Å². The first-order chi connectivity index (χ1) is 15.4. The average molecular weight is 482 g/mol. The molecule has 2 aromatic rings. The van der Waals surface area contributed by atoms with Crippen LogP contribution in [0.1, 0.15) is 44.6 Å². The van der Waals surface area contributed by atoms with E-state index in [4.69, 9.17) is 14.2 Å². The van der Waals surface area contributed by atoms with Crippen LogP contribution in [0.3, 0.4) is 0 Å². The summed E-state index contributed by atoms with van der Waals surface area (Å²) in [5.74, 6) is 0.718. The number of hydrogen-bond donors (Lipinski definition) is 0. The summed E-state index contributed by atoms with van der Waals surface area (Å²) in [6.45, 7) is 11.3. The van der Waals surface area contributed by atoms with Crippen LogP contribution in [0.2, 0.25) is 0 Å². The minimum atomic E-state index is -3.89. The first-order valence-corrected chi connectivity index (χ1v) is 12.3. The molecule has 1 aromatic carbocycles. The van der Waals surface area contributed by atoms with Crippen LogP contribution in [-0.4, -0.2) is 60.7 Å². The van der Waals surface area contributed by atoms with Gasteiger partial charge in [-0.2, -0.15) is 4.31 Å². The molecule has 0 saturated carbocycles. The number of carbonyl (C=O) groups is 1. The smallest absolute Gasteiger partial charge is 0.332 e. The van der Waals surface area contributed by atoms with E-state index in [2.05, 4.69) is 4.98 Å². The number of imidazole rings is 1. The van der Waals surface area contributed by atoms with Gasteiger partial charge in [0.25, 0.3) is 0 Å². The molecule has 0 radical (unpaired) electrons. The molecule has 9 nitrogen and oxygen atoms in total. The number of carbonyl (C=O) groups excluding carboxylic acids is 1. The molecule has 0 N–H and O–H groups in total. The van der Waals surface area contributed by atoms with Crippen molar-refractivity contribution < 1.29 is 27.4 Å². The van der Waals surface area contributed by atoms with Crippen molar-refractivity contribution in [1.29, 1.82) is 0 Å². The average Bonchev–Trinajstić information content (AvgIpc) is 3.15. The van der Waals surface area contributed by atoms with E-state index < -0.39 is 21.6 Å². The zero-order chi connectivity index (χ0) is 24.8. The predicted molar refractivity (Wildman–Crippen MR) is 125 cm³/mol. The van der Waals surface area contributed by atoms with Gasteiger partial charge in [-0.05, 0) is 64.8 Å². The van der Waals surface area contributed by atoms with Gasteiger partial charge in [0.2, 0.25) is 10.0 Å². The fourth-order valence-electron chi connectivity index (χ4n) is 3.48. The number of methoxy groups -OCH3 is 1. The number of nitrogens with zero attached hydrogens (tertiary/aromatic N) is 3. The molecule has 0 atom stereocenters. The highest BCUT2D eigenvalue weighted by atomic mass is 32.2. The Morgan fingerprint density at radius 1 is 1.18 bits per heavy atom. The van der Waals surface area contributed by atoms with Crippen LogP contribution in [0.5, 0.6) is 5.75 Å². The van der Waals surface area contributed by atoms with Gasteiger partial charge < -0.3 is 18.8 Å². The van der Waals surface area contributed by atoms with Crippen LogP contribution in [0, 0.1) is 13.8 Å².